The second-order valence-electron chi connectivity index (χ2n) is 6.23. The zero-order chi connectivity index (χ0) is 18.7. The van der Waals surface area contributed by atoms with Crippen LogP contribution in [0.2, 0.25) is 0 Å². The van der Waals surface area contributed by atoms with Crippen LogP contribution >= 0.6 is 0 Å². The number of esters is 1. The van der Waals surface area contributed by atoms with Gasteiger partial charge in [0.1, 0.15) is 11.5 Å². The maximum atomic E-state index is 12.4. The van der Waals surface area contributed by atoms with E-state index in [2.05, 4.69) is 15.4 Å². The summed E-state index contributed by atoms with van der Waals surface area (Å²) in [6.07, 6.45) is 1.58. The highest BCUT2D eigenvalue weighted by Gasteiger charge is 2.21. The van der Waals surface area contributed by atoms with Crippen LogP contribution in [-0.4, -0.2) is 32.7 Å². The van der Waals surface area contributed by atoms with E-state index in [1.54, 1.807) is 29.9 Å². The fraction of sp³-hybridized carbons (Fsp3) is 0.316. The predicted molar refractivity (Wildman–Crippen MR) is 99.0 cm³/mol. The van der Waals surface area contributed by atoms with E-state index in [1.165, 1.54) is 0 Å². The number of benzene rings is 1. The molecule has 3 aromatic rings. The summed E-state index contributed by atoms with van der Waals surface area (Å²) in [4.78, 5) is 27.7. The van der Waals surface area contributed by atoms with E-state index in [1.807, 2.05) is 38.1 Å². The molecule has 0 spiro atoms. The summed E-state index contributed by atoms with van der Waals surface area (Å²) in [5, 5.41) is 7.90. The van der Waals surface area contributed by atoms with Crippen LogP contribution in [0.3, 0.4) is 0 Å². The van der Waals surface area contributed by atoms with Crippen molar-refractivity contribution in [2.24, 2.45) is 0 Å². The lowest BCUT2D eigenvalue weighted by molar-refractivity contribution is -0.123. The zero-order valence-corrected chi connectivity index (χ0v) is 15.0. The van der Waals surface area contributed by atoms with Crippen molar-refractivity contribution in [3.8, 4) is 0 Å². The molecule has 0 bridgehead atoms. The number of nitrogens with one attached hydrogen (secondary N) is 2. The third kappa shape index (κ3) is 3.61. The molecule has 2 heterocycles. The Balaban J connectivity index is 1.65. The second-order valence-corrected chi connectivity index (χ2v) is 6.23. The second kappa shape index (κ2) is 7.43. The van der Waals surface area contributed by atoms with Crippen molar-refractivity contribution in [1.82, 2.24) is 14.8 Å². The van der Waals surface area contributed by atoms with Gasteiger partial charge in [-0.05, 0) is 32.4 Å². The van der Waals surface area contributed by atoms with Crippen LogP contribution < -0.4 is 5.32 Å². The molecular weight excluding hydrogens is 332 g/mol. The number of aromatic nitrogens is 3. The highest BCUT2D eigenvalue weighted by atomic mass is 16.5. The molecule has 0 saturated carbocycles. The van der Waals surface area contributed by atoms with Crippen molar-refractivity contribution in [3.63, 3.8) is 0 Å². The Morgan fingerprint density at radius 1 is 1.27 bits per heavy atom. The molecule has 0 saturated heterocycles. The fourth-order valence-corrected chi connectivity index (χ4v) is 2.63. The summed E-state index contributed by atoms with van der Waals surface area (Å²) < 4.78 is 7.03. The number of anilines is 1. The van der Waals surface area contributed by atoms with Gasteiger partial charge in [0, 0.05) is 17.0 Å². The maximum absolute atomic E-state index is 12.4. The molecular formula is C19H22N4O3. The van der Waals surface area contributed by atoms with Gasteiger partial charge in [0.25, 0.3) is 5.91 Å². The van der Waals surface area contributed by atoms with Crippen molar-refractivity contribution in [2.75, 3.05) is 5.32 Å². The number of H-pyrrole nitrogens is 1. The van der Waals surface area contributed by atoms with Gasteiger partial charge in [-0.1, -0.05) is 25.1 Å². The van der Waals surface area contributed by atoms with Gasteiger partial charge in [0.15, 0.2) is 6.10 Å². The summed E-state index contributed by atoms with van der Waals surface area (Å²) >= 11 is 0. The Morgan fingerprint density at radius 3 is 2.77 bits per heavy atom. The number of hydrogen-bond acceptors (Lipinski definition) is 4. The molecule has 0 radical (unpaired) electrons. The average molecular weight is 354 g/mol. The molecule has 26 heavy (non-hydrogen) atoms. The van der Waals surface area contributed by atoms with E-state index in [0.29, 0.717) is 11.5 Å². The van der Waals surface area contributed by atoms with Gasteiger partial charge in [-0.2, -0.15) is 5.10 Å². The lowest BCUT2D eigenvalue weighted by Crippen LogP contribution is -2.31. The van der Waals surface area contributed by atoms with Crippen molar-refractivity contribution < 1.29 is 14.3 Å². The van der Waals surface area contributed by atoms with Crippen LogP contribution in [-0.2, 0) is 9.53 Å². The number of ether oxygens (including phenoxy) is 1. The Labute approximate surface area is 151 Å². The highest BCUT2D eigenvalue weighted by Crippen LogP contribution is 2.18. The smallest absolute Gasteiger partial charge is 0.355 e. The van der Waals surface area contributed by atoms with Crippen LogP contribution in [0.25, 0.3) is 10.9 Å². The monoisotopic (exact) mass is 354 g/mol. The molecule has 1 amide bonds. The van der Waals surface area contributed by atoms with Crippen molar-refractivity contribution in [2.45, 2.75) is 39.3 Å². The molecule has 0 fully saturated rings. The number of aromatic amines is 1. The number of nitrogens with zero attached hydrogens (tertiary/aromatic N) is 2. The van der Waals surface area contributed by atoms with Crippen LogP contribution in [0.5, 0.6) is 0 Å². The van der Waals surface area contributed by atoms with Crippen LogP contribution in [0.15, 0.2) is 42.6 Å². The molecule has 0 aliphatic carbocycles. The van der Waals surface area contributed by atoms with Gasteiger partial charge in [-0.3, -0.25) is 4.79 Å². The Kier molecular flexibility index (Phi) is 5.06. The van der Waals surface area contributed by atoms with E-state index in [0.717, 1.165) is 17.3 Å². The van der Waals surface area contributed by atoms with Crippen LogP contribution in [0.1, 0.15) is 43.7 Å². The number of hydrogen-bond donors (Lipinski definition) is 2. The molecule has 136 valence electrons. The summed E-state index contributed by atoms with van der Waals surface area (Å²) in [5.41, 5.74) is 1.16. The lowest BCUT2D eigenvalue weighted by Gasteiger charge is -2.16. The molecule has 7 heteroatoms. The predicted octanol–water partition coefficient (Wildman–Crippen LogP) is 3.52. The van der Waals surface area contributed by atoms with E-state index in [9.17, 15) is 9.59 Å². The Bertz CT molecular complexity index is 895. The molecule has 2 atom stereocenters. The number of amides is 1. The summed E-state index contributed by atoms with van der Waals surface area (Å²) in [7, 11) is 0. The summed E-state index contributed by atoms with van der Waals surface area (Å²) in [5.74, 6) is -0.392. The van der Waals surface area contributed by atoms with Crippen molar-refractivity contribution in [1.29, 1.82) is 0 Å². The number of rotatable bonds is 6. The first kappa shape index (κ1) is 17.7. The molecule has 0 aliphatic heterocycles. The van der Waals surface area contributed by atoms with Gasteiger partial charge in [0.05, 0.1) is 12.2 Å². The molecule has 7 nitrogen and oxygen atoms in total. The third-order valence-corrected chi connectivity index (χ3v) is 4.33. The van der Waals surface area contributed by atoms with Gasteiger partial charge in [-0.15, -0.1) is 0 Å². The SMILES string of the molecule is CC[C@H](C)n1nccc1NC(=O)[C@@H](C)OC(=O)c1cc2ccccc2[nH]1. The van der Waals surface area contributed by atoms with Crippen molar-refractivity contribution >= 4 is 28.6 Å². The van der Waals surface area contributed by atoms with Gasteiger partial charge in [-0.25, -0.2) is 9.48 Å². The number of carbonyl (C=O) groups excluding carboxylic acids is 2. The minimum atomic E-state index is -0.936. The van der Waals surface area contributed by atoms with Gasteiger partial charge in [0.2, 0.25) is 0 Å². The number of fused-ring (bicyclic) bond motifs is 1. The topological polar surface area (TPSA) is 89.0 Å². The lowest BCUT2D eigenvalue weighted by atomic mass is 10.2. The minimum Gasteiger partial charge on any atom is -0.448 e. The Morgan fingerprint density at radius 2 is 2.04 bits per heavy atom. The quantitative estimate of drug-likeness (QED) is 0.663. The fourth-order valence-electron chi connectivity index (χ4n) is 2.63. The normalized spacial score (nSPS) is 13.3. The molecule has 0 unspecified atom stereocenters. The van der Waals surface area contributed by atoms with E-state index >= 15 is 0 Å². The van der Waals surface area contributed by atoms with Crippen LogP contribution in [0.4, 0.5) is 5.82 Å². The first-order valence-electron chi connectivity index (χ1n) is 8.62. The van der Waals surface area contributed by atoms with Gasteiger partial charge < -0.3 is 15.0 Å². The first-order valence-corrected chi connectivity index (χ1v) is 8.62. The zero-order valence-electron chi connectivity index (χ0n) is 15.0. The van der Waals surface area contributed by atoms with Crippen molar-refractivity contribution in [3.05, 3.63) is 48.3 Å². The summed E-state index contributed by atoms with van der Waals surface area (Å²) in [6.45, 7) is 5.60. The molecule has 3 rings (SSSR count). The molecule has 2 aromatic heterocycles. The van der Waals surface area contributed by atoms with E-state index < -0.39 is 18.0 Å². The third-order valence-electron chi connectivity index (χ3n) is 4.33. The number of para-hydroxylation sites is 1. The standard InChI is InChI=1S/C19H22N4O3/c1-4-12(2)23-17(9-10-20-23)22-18(24)13(3)26-19(25)16-11-14-7-5-6-8-15(14)21-16/h5-13,21H,4H2,1-3H3,(H,22,24)/t12-,13+/m0/s1. The first-order chi connectivity index (χ1) is 12.5. The number of carbonyl (C=O) groups is 2. The maximum Gasteiger partial charge on any atom is 0.355 e. The minimum absolute atomic E-state index is 0.157. The highest BCUT2D eigenvalue weighted by molar-refractivity contribution is 5.98. The van der Waals surface area contributed by atoms with Gasteiger partial charge >= 0.3 is 5.97 Å². The van der Waals surface area contributed by atoms with Crippen LogP contribution in [0, 0.1) is 0 Å². The average Bonchev–Trinajstić information content (AvgIpc) is 3.27. The van der Waals surface area contributed by atoms with E-state index in [-0.39, 0.29) is 6.04 Å². The largest absolute Gasteiger partial charge is 0.448 e. The molecule has 0 aliphatic rings. The molecule has 2 N–H and O–H groups in total. The summed E-state index contributed by atoms with van der Waals surface area (Å²) in [6, 6.07) is 11.1. The van der Waals surface area contributed by atoms with E-state index in [4.69, 9.17) is 4.74 Å². The molecule has 1 aromatic carbocycles. The Hall–Kier alpha value is -3.09.